The SMILES string of the molecule is CCOC(=O)c1cn(C(C)C)nc1C(C)Cc1ccccc1-c1ccnc(N2CCC(F)(F)C2)c1N. The third-order valence-electron chi connectivity index (χ3n) is 6.52. The summed E-state index contributed by atoms with van der Waals surface area (Å²) in [7, 11) is 0. The number of nitrogen functional groups attached to an aromatic ring is 1. The van der Waals surface area contributed by atoms with Crippen molar-refractivity contribution in [2.45, 2.75) is 58.4 Å². The molecule has 0 aliphatic carbocycles. The van der Waals surface area contributed by atoms with Gasteiger partial charge in [0.05, 0.1) is 24.5 Å². The molecule has 1 unspecified atom stereocenters. The first-order valence-corrected chi connectivity index (χ1v) is 12.3. The summed E-state index contributed by atoms with van der Waals surface area (Å²) in [5.41, 5.74) is 10.7. The Morgan fingerprint density at radius 1 is 1.19 bits per heavy atom. The molecule has 1 fully saturated rings. The Morgan fingerprint density at radius 2 is 1.94 bits per heavy atom. The van der Waals surface area contributed by atoms with Crippen LogP contribution in [0.2, 0.25) is 0 Å². The van der Waals surface area contributed by atoms with Gasteiger partial charge < -0.3 is 15.4 Å². The van der Waals surface area contributed by atoms with Gasteiger partial charge in [-0.2, -0.15) is 5.10 Å². The first-order valence-electron chi connectivity index (χ1n) is 12.3. The summed E-state index contributed by atoms with van der Waals surface area (Å²) < 4.78 is 34.7. The number of nitrogens with zero attached hydrogens (tertiary/aromatic N) is 4. The van der Waals surface area contributed by atoms with Crippen molar-refractivity contribution in [2.24, 2.45) is 0 Å². The quantitative estimate of drug-likeness (QED) is 0.415. The molecule has 7 nitrogen and oxygen atoms in total. The Morgan fingerprint density at radius 3 is 2.61 bits per heavy atom. The highest BCUT2D eigenvalue weighted by atomic mass is 19.3. The van der Waals surface area contributed by atoms with E-state index >= 15 is 0 Å². The number of hydrogen-bond donors (Lipinski definition) is 1. The Balaban J connectivity index is 1.67. The van der Waals surface area contributed by atoms with Gasteiger partial charge in [0, 0.05) is 42.9 Å². The molecule has 0 spiro atoms. The summed E-state index contributed by atoms with van der Waals surface area (Å²) in [5.74, 6) is -2.84. The molecule has 1 saturated heterocycles. The number of halogens is 2. The van der Waals surface area contributed by atoms with Crippen molar-refractivity contribution in [1.29, 1.82) is 0 Å². The molecule has 9 heteroatoms. The van der Waals surface area contributed by atoms with Crippen LogP contribution in [-0.2, 0) is 11.2 Å². The molecule has 4 rings (SSSR count). The molecule has 2 N–H and O–H groups in total. The topological polar surface area (TPSA) is 86.3 Å². The van der Waals surface area contributed by atoms with Gasteiger partial charge in [0.25, 0.3) is 5.92 Å². The van der Waals surface area contributed by atoms with Crippen molar-refractivity contribution in [3.63, 3.8) is 0 Å². The maximum absolute atomic E-state index is 13.8. The normalized spacial score (nSPS) is 15.9. The maximum Gasteiger partial charge on any atom is 0.341 e. The van der Waals surface area contributed by atoms with E-state index in [1.165, 1.54) is 0 Å². The molecule has 0 radical (unpaired) electrons. The fraction of sp³-hybridized carbons (Fsp3) is 0.444. The van der Waals surface area contributed by atoms with Gasteiger partial charge in [0.1, 0.15) is 5.56 Å². The van der Waals surface area contributed by atoms with Gasteiger partial charge in [-0.15, -0.1) is 0 Å². The summed E-state index contributed by atoms with van der Waals surface area (Å²) >= 11 is 0. The predicted octanol–water partition coefficient (Wildman–Crippen LogP) is 5.48. The van der Waals surface area contributed by atoms with E-state index in [1.54, 1.807) is 28.9 Å². The van der Waals surface area contributed by atoms with Gasteiger partial charge in [-0.05, 0) is 44.4 Å². The van der Waals surface area contributed by atoms with E-state index in [1.807, 2.05) is 51.1 Å². The summed E-state index contributed by atoms with van der Waals surface area (Å²) in [5, 5.41) is 4.71. The van der Waals surface area contributed by atoms with Crippen LogP contribution in [0, 0.1) is 0 Å². The average molecular weight is 498 g/mol. The largest absolute Gasteiger partial charge is 0.462 e. The van der Waals surface area contributed by atoms with Crippen LogP contribution in [0.1, 0.15) is 67.7 Å². The summed E-state index contributed by atoms with van der Waals surface area (Å²) in [6.45, 7) is 7.93. The van der Waals surface area contributed by atoms with E-state index in [4.69, 9.17) is 15.6 Å². The van der Waals surface area contributed by atoms with Crippen LogP contribution in [0.3, 0.4) is 0 Å². The van der Waals surface area contributed by atoms with Gasteiger partial charge in [-0.25, -0.2) is 18.6 Å². The molecule has 0 bridgehead atoms. The highest BCUT2D eigenvalue weighted by Crippen LogP contribution is 2.39. The van der Waals surface area contributed by atoms with E-state index in [-0.39, 0.29) is 44.0 Å². The van der Waals surface area contributed by atoms with Crippen LogP contribution in [0.4, 0.5) is 20.3 Å². The highest BCUT2D eigenvalue weighted by molar-refractivity contribution is 5.90. The van der Waals surface area contributed by atoms with Crippen LogP contribution in [-0.4, -0.2) is 46.4 Å². The number of nitrogens with two attached hydrogens (primary N) is 1. The second kappa shape index (κ2) is 10.2. The number of aromatic nitrogens is 3. The van der Waals surface area contributed by atoms with Crippen molar-refractivity contribution in [2.75, 3.05) is 30.3 Å². The average Bonchev–Trinajstić information content (AvgIpc) is 3.44. The van der Waals surface area contributed by atoms with E-state index < -0.39 is 5.92 Å². The summed E-state index contributed by atoms with van der Waals surface area (Å²) in [4.78, 5) is 18.5. The lowest BCUT2D eigenvalue weighted by Gasteiger charge is -2.21. The molecule has 2 aromatic heterocycles. The lowest BCUT2D eigenvalue weighted by molar-refractivity contribution is 0.0256. The number of anilines is 2. The minimum Gasteiger partial charge on any atom is -0.462 e. The van der Waals surface area contributed by atoms with E-state index in [9.17, 15) is 13.6 Å². The van der Waals surface area contributed by atoms with Crippen molar-refractivity contribution in [3.8, 4) is 11.1 Å². The third-order valence-corrected chi connectivity index (χ3v) is 6.52. The molecular weight excluding hydrogens is 464 g/mol. The van der Waals surface area contributed by atoms with Gasteiger partial charge in [-0.1, -0.05) is 31.2 Å². The van der Waals surface area contributed by atoms with Gasteiger partial charge in [-0.3, -0.25) is 4.68 Å². The zero-order chi connectivity index (χ0) is 26.0. The monoisotopic (exact) mass is 497 g/mol. The Kier molecular flexibility index (Phi) is 7.28. The van der Waals surface area contributed by atoms with Gasteiger partial charge >= 0.3 is 5.97 Å². The zero-order valence-corrected chi connectivity index (χ0v) is 21.2. The van der Waals surface area contributed by atoms with Crippen molar-refractivity contribution in [3.05, 3.63) is 59.5 Å². The highest BCUT2D eigenvalue weighted by Gasteiger charge is 2.39. The summed E-state index contributed by atoms with van der Waals surface area (Å²) in [6.07, 6.45) is 3.75. The van der Waals surface area contributed by atoms with Crippen LogP contribution in [0.5, 0.6) is 0 Å². The zero-order valence-electron chi connectivity index (χ0n) is 21.2. The molecule has 3 aromatic rings. The van der Waals surface area contributed by atoms with Crippen LogP contribution < -0.4 is 10.6 Å². The predicted molar refractivity (Wildman–Crippen MR) is 137 cm³/mol. The van der Waals surface area contributed by atoms with Crippen LogP contribution in [0.25, 0.3) is 11.1 Å². The molecule has 36 heavy (non-hydrogen) atoms. The number of ether oxygens (including phenoxy) is 1. The van der Waals surface area contributed by atoms with Crippen molar-refractivity contribution < 1.29 is 18.3 Å². The molecule has 192 valence electrons. The van der Waals surface area contributed by atoms with Gasteiger partial charge in [0.15, 0.2) is 5.82 Å². The standard InChI is InChI=1S/C27H33F2N5O2/c1-5-36-26(35)22-15-34(17(2)3)32-24(22)18(4)14-19-8-6-7-9-20(19)21-10-12-31-25(23(21)30)33-13-11-27(28,29)16-33/h6-10,12,15,17-18H,5,11,13-14,16,30H2,1-4H3. The molecule has 0 saturated carbocycles. The lowest BCUT2D eigenvalue weighted by atomic mass is 9.90. The maximum atomic E-state index is 13.8. The molecule has 1 aromatic carbocycles. The first-order chi connectivity index (χ1) is 17.1. The van der Waals surface area contributed by atoms with Crippen molar-refractivity contribution in [1.82, 2.24) is 14.8 Å². The fourth-order valence-corrected chi connectivity index (χ4v) is 4.65. The van der Waals surface area contributed by atoms with E-state index in [2.05, 4.69) is 4.98 Å². The third kappa shape index (κ3) is 5.20. The molecule has 1 atom stereocenters. The Labute approximate surface area is 210 Å². The minimum absolute atomic E-state index is 0.0923. The van der Waals surface area contributed by atoms with Crippen LogP contribution >= 0.6 is 0 Å². The van der Waals surface area contributed by atoms with E-state index in [0.717, 1.165) is 16.7 Å². The van der Waals surface area contributed by atoms with Gasteiger partial charge in [0.2, 0.25) is 0 Å². The lowest BCUT2D eigenvalue weighted by Crippen LogP contribution is -2.26. The second-order valence-corrected chi connectivity index (χ2v) is 9.61. The molecule has 1 aliphatic rings. The Bertz CT molecular complexity index is 1240. The molecule has 0 amide bonds. The smallest absolute Gasteiger partial charge is 0.341 e. The molecule has 3 heterocycles. The molecular formula is C27H33F2N5O2. The minimum atomic E-state index is -2.74. The summed E-state index contributed by atoms with van der Waals surface area (Å²) in [6, 6.07) is 9.76. The van der Waals surface area contributed by atoms with Crippen molar-refractivity contribution >= 4 is 17.5 Å². The second-order valence-electron chi connectivity index (χ2n) is 9.61. The number of benzene rings is 1. The first kappa shape index (κ1) is 25.6. The number of carbonyl (C=O) groups excluding carboxylic acids is 1. The molecule has 1 aliphatic heterocycles. The Hall–Kier alpha value is -3.49. The number of esters is 1. The van der Waals surface area contributed by atoms with E-state index in [0.29, 0.717) is 29.2 Å². The fourth-order valence-electron chi connectivity index (χ4n) is 4.65. The number of carbonyl (C=O) groups is 1. The number of pyridine rings is 1. The van der Waals surface area contributed by atoms with Crippen LogP contribution in [0.15, 0.2) is 42.7 Å². The number of hydrogen-bond acceptors (Lipinski definition) is 6. The number of alkyl halides is 2. The number of rotatable bonds is 8.